The molecule has 2 aromatic carbocycles. The maximum absolute atomic E-state index is 11.7. The molecule has 40 heavy (non-hydrogen) atoms. The van der Waals surface area contributed by atoms with Crippen molar-refractivity contribution in [2.75, 3.05) is 18.6 Å². The summed E-state index contributed by atoms with van der Waals surface area (Å²) < 4.78 is 14.0. The van der Waals surface area contributed by atoms with Crippen LogP contribution in [-0.4, -0.2) is 65.7 Å². The van der Waals surface area contributed by atoms with E-state index in [-0.39, 0.29) is 12.1 Å². The van der Waals surface area contributed by atoms with Crippen molar-refractivity contribution in [3.63, 3.8) is 0 Å². The molecule has 2 saturated heterocycles. The molecule has 0 aliphatic carbocycles. The van der Waals surface area contributed by atoms with Gasteiger partial charge in [0.25, 0.3) is 0 Å². The van der Waals surface area contributed by atoms with E-state index in [2.05, 4.69) is 73.1 Å². The van der Waals surface area contributed by atoms with Gasteiger partial charge >= 0.3 is 6.09 Å². The van der Waals surface area contributed by atoms with Gasteiger partial charge in [0.15, 0.2) is 0 Å². The third kappa shape index (κ3) is 5.36. The Morgan fingerprint density at radius 1 is 1.10 bits per heavy atom. The number of carboxylic acid groups (broad SMARTS) is 1. The summed E-state index contributed by atoms with van der Waals surface area (Å²) in [5.41, 5.74) is 6.79. The zero-order valence-corrected chi connectivity index (χ0v) is 25.0. The molecular weight excluding hydrogens is 520 g/mol. The minimum Gasteiger partial charge on any atom is -0.488 e. The van der Waals surface area contributed by atoms with Crippen LogP contribution in [0.5, 0.6) is 5.75 Å². The normalized spacial score (nSPS) is 21.5. The fourth-order valence-corrected chi connectivity index (χ4v) is 7.25. The summed E-state index contributed by atoms with van der Waals surface area (Å²) in [7, 11) is 1.03. The van der Waals surface area contributed by atoms with Crippen LogP contribution in [0, 0.1) is 0 Å². The molecule has 8 nitrogen and oxygen atoms in total. The monoisotopic (exact) mass is 560 g/mol. The number of hydrogen-bond donors (Lipinski definition) is 1. The zero-order chi connectivity index (χ0) is 28.0. The lowest BCUT2D eigenvalue weighted by molar-refractivity contribution is 0.0786. The summed E-state index contributed by atoms with van der Waals surface area (Å²) in [5.74, 6) is 0.902. The number of amides is 1. The molecule has 1 amide bonds. The van der Waals surface area contributed by atoms with E-state index in [4.69, 9.17) is 9.47 Å². The van der Waals surface area contributed by atoms with Gasteiger partial charge in [-0.2, -0.15) is 5.10 Å². The summed E-state index contributed by atoms with van der Waals surface area (Å²) in [4.78, 5) is 15.7. The van der Waals surface area contributed by atoms with E-state index in [0.717, 1.165) is 66.5 Å². The second-order valence-electron chi connectivity index (χ2n) is 12.8. The summed E-state index contributed by atoms with van der Waals surface area (Å²) in [6.45, 7) is 8.85. The minimum absolute atomic E-state index is 0.133. The van der Waals surface area contributed by atoms with Crippen molar-refractivity contribution in [2.45, 2.75) is 82.8 Å². The molecule has 0 saturated carbocycles. The molecule has 0 radical (unpaired) electrons. The molecule has 1 N–H and O–H groups in total. The molecule has 3 aromatic rings. The first-order valence-corrected chi connectivity index (χ1v) is 18.1. The van der Waals surface area contributed by atoms with E-state index in [1.54, 1.807) is 4.90 Å². The van der Waals surface area contributed by atoms with Crippen LogP contribution < -0.4 is 9.64 Å². The van der Waals surface area contributed by atoms with E-state index in [9.17, 15) is 9.90 Å². The average Bonchev–Trinajstić information content (AvgIpc) is 3.51. The third-order valence-electron chi connectivity index (χ3n) is 8.81. The molecule has 3 atom stereocenters. The molecule has 3 aliphatic heterocycles. The molecule has 1 aromatic heterocycles. The van der Waals surface area contributed by atoms with Crippen molar-refractivity contribution >= 4 is 19.9 Å². The highest BCUT2D eigenvalue weighted by Gasteiger charge is 2.44. The van der Waals surface area contributed by atoms with E-state index in [0.29, 0.717) is 19.4 Å². The van der Waals surface area contributed by atoms with Gasteiger partial charge in [0.2, 0.25) is 0 Å². The maximum Gasteiger partial charge on any atom is 0.407 e. The Labute approximate surface area is 237 Å². The van der Waals surface area contributed by atoms with Gasteiger partial charge in [0, 0.05) is 68.9 Å². The first-order valence-electron chi connectivity index (χ1n) is 14.4. The van der Waals surface area contributed by atoms with E-state index >= 15 is 0 Å². The number of hydrogen-bond acceptors (Lipinski definition) is 5. The molecule has 0 unspecified atom stereocenters. The number of carbonyl (C=O) groups is 1. The van der Waals surface area contributed by atoms with Crippen molar-refractivity contribution in [1.82, 2.24) is 14.7 Å². The number of aromatic nitrogens is 2. The fourth-order valence-electron chi connectivity index (χ4n) is 6.49. The second-order valence-corrected chi connectivity index (χ2v) is 18.4. The Balaban J connectivity index is 1.13. The Hall–Kier alpha value is -3.30. The third-order valence-corrected chi connectivity index (χ3v) is 10.5. The summed E-state index contributed by atoms with van der Waals surface area (Å²) in [6, 6.07) is 14.8. The average molecular weight is 561 g/mol. The van der Waals surface area contributed by atoms with Crippen LogP contribution in [0.2, 0.25) is 25.7 Å². The maximum atomic E-state index is 11.7. The van der Waals surface area contributed by atoms with Crippen molar-refractivity contribution in [3.05, 3.63) is 54.4 Å². The number of piperidine rings is 1. The predicted octanol–water partition coefficient (Wildman–Crippen LogP) is 6.53. The highest BCUT2D eigenvalue weighted by atomic mass is 28.3. The number of fused-ring (bicyclic) bond motifs is 5. The lowest BCUT2D eigenvalue weighted by Crippen LogP contribution is -2.51. The summed E-state index contributed by atoms with van der Waals surface area (Å²) in [5, 5.41) is 14.1. The topological polar surface area (TPSA) is 80.1 Å². The smallest absolute Gasteiger partial charge is 0.407 e. The van der Waals surface area contributed by atoms with Crippen LogP contribution in [-0.2, 0) is 18.1 Å². The Bertz CT molecular complexity index is 1390. The van der Waals surface area contributed by atoms with Gasteiger partial charge in [-0.3, -0.25) is 0 Å². The number of anilines is 1. The first kappa shape index (κ1) is 26.9. The van der Waals surface area contributed by atoms with Crippen LogP contribution in [0.3, 0.4) is 0 Å². The molecular formula is C31H40N4O4Si. The molecule has 212 valence electrons. The van der Waals surface area contributed by atoms with Gasteiger partial charge < -0.3 is 24.4 Å². The van der Waals surface area contributed by atoms with Gasteiger partial charge in [0.05, 0.1) is 6.20 Å². The van der Waals surface area contributed by atoms with Crippen LogP contribution in [0.1, 0.15) is 31.2 Å². The van der Waals surface area contributed by atoms with Crippen molar-refractivity contribution in [3.8, 4) is 28.0 Å². The van der Waals surface area contributed by atoms with E-state index < -0.39 is 14.2 Å². The number of benzene rings is 2. The molecule has 6 rings (SSSR count). The zero-order valence-electron chi connectivity index (χ0n) is 24.0. The molecule has 2 fully saturated rings. The summed E-state index contributed by atoms with van der Waals surface area (Å²) >= 11 is 0. The van der Waals surface area contributed by atoms with Gasteiger partial charge in [0.1, 0.15) is 19.1 Å². The highest BCUT2D eigenvalue weighted by molar-refractivity contribution is 6.76. The lowest BCUT2D eigenvalue weighted by atomic mass is 9.93. The number of rotatable bonds is 8. The quantitative estimate of drug-likeness (QED) is 0.249. The first-order chi connectivity index (χ1) is 19.2. The van der Waals surface area contributed by atoms with E-state index in [1.165, 1.54) is 11.1 Å². The van der Waals surface area contributed by atoms with Gasteiger partial charge in [-0.1, -0.05) is 31.8 Å². The Kier molecular flexibility index (Phi) is 7.12. The second kappa shape index (κ2) is 10.6. The molecule has 3 aliphatic rings. The number of ether oxygens (including phenoxy) is 2. The van der Waals surface area contributed by atoms with Crippen molar-refractivity contribution in [2.24, 2.45) is 0 Å². The van der Waals surface area contributed by atoms with Crippen molar-refractivity contribution < 1.29 is 19.4 Å². The minimum atomic E-state index is -1.10. The summed E-state index contributed by atoms with van der Waals surface area (Å²) in [6.07, 6.45) is 6.88. The van der Waals surface area contributed by atoms with Crippen LogP contribution in [0.4, 0.5) is 10.5 Å². The predicted molar refractivity (Wildman–Crippen MR) is 160 cm³/mol. The van der Waals surface area contributed by atoms with Gasteiger partial charge in [-0.25, -0.2) is 9.48 Å². The number of nitrogens with zero attached hydrogens (tertiary/aromatic N) is 4. The highest BCUT2D eigenvalue weighted by Crippen LogP contribution is 2.43. The van der Waals surface area contributed by atoms with E-state index in [1.807, 2.05) is 17.1 Å². The Morgan fingerprint density at radius 3 is 2.58 bits per heavy atom. The van der Waals surface area contributed by atoms with Crippen LogP contribution in [0.25, 0.3) is 22.3 Å². The molecule has 4 heterocycles. The Morgan fingerprint density at radius 2 is 1.85 bits per heavy atom. The van der Waals surface area contributed by atoms with Crippen LogP contribution in [0.15, 0.2) is 48.8 Å². The standard InChI is InChI=1S/C31H40N4O4Si/c1-33(27-14-25-6-7-26(15-27)35(25)31(36)37)24-8-10-29-28-9-5-21(13-22(28)19-39-30(29)16-24)23-17-32-34(18-23)20-38-11-12-40(2,3)4/h5,8-10,13,16-18,25-27H,6-7,11-12,14-15,19-20H2,1-4H3,(H,36,37)/t25-,26+,27-. The molecule has 0 spiro atoms. The SMILES string of the molecule is CN(c1ccc2c(c1)OCc1cc(-c3cnn(COCC[Si](C)(C)C)c3)ccc1-2)[C@@H]1C[C@H]2CC[C@@H](C1)N2C(=O)O. The van der Waals surface area contributed by atoms with Gasteiger partial charge in [-0.05, 0) is 66.6 Å². The lowest BCUT2D eigenvalue weighted by Gasteiger charge is -2.41. The molecule has 2 bridgehead atoms. The fraction of sp³-hybridized carbons (Fsp3) is 0.484. The molecule has 9 heteroatoms. The van der Waals surface area contributed by atoms with Crippen LogP contribution >= 0.6 is 0 Å². The largest absolute Gasteiger partial charge is 0.488 e. The van der Waals surface area contributed by atoms with Crippen molar-refractivity contribution in [1.29, 1.82) is 0 Å². The van der Waals surface area contributed by atoms with Gasteiger partial charge in [-0.15, -0.1) is 0 Å².